The highest BCUT2D eigenvalue weighted by molar-refractivity contribution is 6.39. The normalized spacial score (nSPS) is 13.3. The second kappa shape index (κ2) is 14.2. The summed E-state index contributed by atoms with van der Waals surface area (Å²) >= 11 is 0. The molecule has 0 radical (unpaired) electrons. The number of allylic oxidation sites excluding steroid dienone is 6. The largest absolute Gasteiger partial charge is 0.573 e. The third-order valence-electron chi connectivity index (χ3n) is 8.18. The van der Waals surface area contributed by atoms with Crippen molar-refractivity contribution in [3.05, 3.63) is 106 Å². The van der Waals surface area contributed by atoms with Gasteiger partial charge in [-0.1, -0.05) is 36.4 Å². The van der Waals surface area contributed by atoms with Crippen molar-refractivity contribution in [3.63, 3.8) is 0 Å². The first-order valence-electron chi connectivity index (χ1n) is 15.5. The lowest BCUT2D eigenvalue weighted by molar-refractivity contribution is -0.278. The Hall–Kier alpha value is -7.58. The first-order valence-corrected chi connectivity index (χ1v) is 15.5. The Kier molecular flexibility index (Phi) is 9.80. The second-order valence-corrected chi connectivity index (χ2v) is 11.7. The molecule has 20 heteroatoms. The minimum Gasteiger partial charge on any atom is -0.406 e. The quantitative estimate of drug-likeness (QED) is 0.139. The zero-order valence-corrected chi connectivity index (χ0v) is 27.9. The Balaban J connectivity index is 1.75. The van der Waals surface area contributed by atoms with E-state index in [1.54, 1.807) is 24.3 Å². The smallest absolute Gasteiger partial charge is 0.406 e. The van der Waals surface area contributed by atoms with E-state index in [1.165, 1.54) is 36.4 Å². The molecule has 0 aliphatic heterocycles. The summed E-state index contributed by atoms with van der Waals surface area (Å²) in [5.41, 5.74) is -4.33. The number of nitrogens with zero attached hydrogens (tertiary/aromatic N) is 4. The van der Waals surface area contributed by atoms with Crippen molar-refractivity contribution < 1.29 is 71.6 Å². The van der Waals surface area contributed by atoms with Gasteiger partial charge in [-0.05, 0) is 68.8 Å². The van der Waals surface area contributed by atoms with Crippen molar-refractivity contribution >= 4 is 22.3 Å². The fourth-order valence-corrected chi connectivity index (χ4v) is 6.58. The molecular formula is C38H12F12N4O4. The molecule has 0 unspecified atom stereocenters. The summed E-state index contributed by atoms with van der Waals surface area (Å²) in [5, 5.41) is 40.5. The Labute approximate surface area is 316 Å². The van der Waals surface area contributed by atoms with Crippen LogP contribution < -0.4 is 18.9 Å². The SMILES string of the molecule is N#CC(C#N)=C1C2=C(C(=C(C#N)C#N)c3cccc(-c4cc(OC(F)(F)F)cc(OC(F)(F)F)c4)c32)c2c1cccc2-c1cc(OC(F)(F)F)cc(OC(F)(F)F)c1. The van der Waals surface area contributed by atoms with Gasteiger partial charge in [0.05, 0.1) is 0 Å². The molecule has 292 valence electrons. The van der Waals surface area contributed by atoms with Crippen LogP contribution in [0.3, 0.4) is 0 Å². The van der Waals surface area contributed by atoms with E-state index in [-0.39, 0.29) is 67.8 Å². The van der Waals surface area contributed by atoms with Crippen molar-refractivity contribution in [2.75, 3.05) is 0 Å². The third-order valence-corrected chi connectivity index (χ3v) is 8.18. The third kappa shape index (κ3) is 8.03. The van der Waals surface area contributed by atoms with E-state index in [4.69, 9.17) is 0 Å². The van der Waals surface area contributed by atoms with Crippen LogP contribution in [0.4, 0.5) is 52.7 Å². The number of ether oxygens (including phenoxy) is 4. The molecule has 0 fully saturated rings. The van der Waals surface area contributed by atoms with E-state index < -0.39 is 70.7 Å². The van der Waals surface area contributed by atoms with Gasteiger partial charge >= 0.3 is 25.4 Å². The van der Waals surface area contributed by atoms with Gasteiger partial charge in [0.15, 0.2) is 0 Å². The van der Waals surface area contributed by atoms with Gasteiger partial charge < -0.3 is 18.9 Å². The van der Waals surface area contributed by atoms with Crippen molar-refractivity contribution in [1.82, 2.24) is 0 Å². The standard InChI is InChI=1S/C38H12F12N4O4/c39-35(40,41)55-21-7-17(8-22(11-21)56-36(42,43)44)25-3-1-5-27-29(19(13-51)14-52)33-32-26(4-2-6-28(32)30(20(15-53)16-54)34(33)31(25)27)18-9-23(57-37(45,46)47)12-24(10-18)58-38(48,49)50/h1-12H. The molecule has 0 bridgehead atoms. The molecule has 0 heterocycles. The van der Waals surface area contributed by atoms with Crippen LogP contribution in [0.25, 0.3) is 44.5 Å². The molecule has 0 saturated heterocycles. The lowest BCUT2D eigenvalue weighted by atomic mass is 9.84. The lowest BCUT2D eigenvalue weighted by Gasteiger charge is -2.19. The highest BCUT2D eigenvalue weighted by atomic mass is 19.4. The molecule has 2 aliphatic carbocycles. The number of hydrogen-bond donors (Lipinski definition) is 0. The number of nitriles is 4. The minimum atomic E-state index is -5.42. The van der Waals surface area contributed by atoms with Gasteiger partial charge in [-0.25, -0.2) is 0 Å². The zero-order chi connectivity index (χ0) is 42.5. The van der Waals surface area contributed by atoms with E-state index in [9.17, 15) is 73.7 Å². The fourth-order valence-electron chi connectivity index (χ4n) is 6.58. The van der Waals surface area contributed by atoms with Gasteiger partial charge in [0.2, 0.25) is 0 Å². The predicted molar refractivity (Wildman–Crippen MR) is 174 cm³/mol. The maximum atomic E-state index is 13.4. The van der Waals surface area contributed by atoms with Crippen molar-refractivity contribution in [1.29, 1.82) is 21.0 Å². The second-order valence-electron chi connectivity index (χ2n) is 11.7. The molecule has 58 heavy (non-hydrogen) atoms. The molecule has 0 atom stereocenters. The van der Waals surface area contributed by atoms with E-state index >= 15 is 0 Å². The first kappa shape index (κ1) is 40.1. The predicted octanol–water partition coefficient (Wildman–Crippen LogP) is 11.2. The van der Waals surface area contributed by atoms with Gasteiger partial charge in [-0.3, -0.25) is 0 Å². The first-order chi connectivity index (χ1) is 27.0. The molecule has 6 rings (SSSR count). The molecule has 2 aliphatic rings. The summed E-state index contributed by atoms with van der Waals surface area (Å²) in [6.07, 6.45) is -21.7. The van der Waals surface area contributed by atoms with E-state index in [0.29, 0.717) is 24.3 Å². The number of halogens is 12. The molecule has 0 spiro atoms. The molecule has 8 nitrogen and oxygen atoms in total. The molecule has 0 aromatic heterocycles. The van der Waals surface area contributed by atoms with Gasteiger partial charge in [0.25, 0.3) is 0 Å². The van der Waals surface area contributed by atoms with E-state index in [1.807, 2.05) is 0 Å². The Morgan fingerprint density at radius 2 is 0.655 bits per heavy atom. The summed E-state index contributed by atoms with van der Waals surface area (Å²) in [6, 6.07) is 17.3. The maximum Gasteiger partial charge on any atom is 0.573 e. The van der Waals surface area contributed by atoms with Crippen molar-refractivity contribution in [2.24, 2.45) is 0 Å². The van der Waals surface area contributed by atoms with Gasteiger partial charge in [0.1, 0.15) is 58.4 Å². The topological polar surface area (TPSA) is 132 Å². The number of hydrogen-bond acceptors (Lipinski definition) is 8. The van der Waals surface area contributed by atoms with Crippen molar-refractivity contribution in [2.45, 2.75) is 25.4 Å². The van der Waals surface area contributed by atoms with Crippen LogP contribution in [-0.2, 0) is 0 Å². The number of alkyl halides is 12. The highest BCUT2D eigenvalue weighted by Gasteiger charge is 2.43. The average Bonchev–Trinajstić information content (AvgIpc) is 3.59. The van der Waals surface area contributed by atoms with Crippen molar-refractivity contribution in [3.8, 4) is 69.5 Å². The summed E-state index contributed by atoms with van der Waals surface area (Å²) in [7, 11) is 0. The molecule has 4 aromatic carbocycles. The molecule has 4 aromatic rings. The van der Waals surface area contributed by atoms with E-state index in [2.05, 4.69) is 18.9 Å². The average molecular weight is 817 g/mol. The van der Waals surface area contributed by atoms with Crippen LogP contribution in [-0.4, -0.2) is 25.4 Å². The summed E-state index contributed by atoms with van der Waals surface area (Å²) in [6.45, 7) is 0. The lowest BCUT2D eigenvalue weighted by Crippen LogP contribution is -2.19. The summed E-state index contributed by atoms with van der Waals surface area (Å²) in [4.78, 5) is 0. The molecule has 0 amide bonds. The maximum absolute atomic E-state index is 13.4. The van der Waals surface area contributed by atoms with Crippen LogP contribution >= 0.6 is 0 Å². The van der Waals surface area contributed by atoms with E-state index in [0.717, 1.165) is 0 Å². The van der Waals surface area contributed by atoms with Crippen LogP contribution in [0.1, 0.15) is 22.3 Å². The van der Waals surface area contributed by atoms with Gasteiger partial charge in [0, 0.05) is 34.4 Å². The van der Waals surface area contributed by atoms with Gasteiger partial charge in [-0.2, -0.15) is 21.0 Å². The Bertz CT molecular complexity index is 2390. The number of fused-ring (bicyclic) bond motifs is 4. The minimum absolute atomic E-state index is 0.107. The molecule has 0 saturated carbocycles. The van der Waals surface area contributed by atoms with Crippen LogP contribution in [0.5, 0.6) is 23.0 Å². The number of benzene rings is 4. The zero-order valence-electron chi connectivity index (χ0n) is 27.9. The van der Waals surface area contributed by atoms with Crippen LogP contribution in [0.2, 0.25) is 0 Å². The molecular weight excluding hydrogens is 804 g/mol. The molecule has 0 N–H and O–H groups in total. The van der Waals surface area contributed by atoms with Gasteiger partial charge in [-0.15, -0.1) is 52.7 Å². The monoisotopic (exact) mass is 816 g/mol. The Morgan fingerprint density at radius 1 is 0.397 bits per heavy atom. The van der Waals surface area contributed by atoms with Crippen LogP contribution in [0, 0.1) is 45.3 Å². The summed E-state index contributed by atoms with van der Waals surface area (Å²) < 4.78 is 176. The number of rotatable bonds is 6. The van der Waals surface area contributed by atoms with Crippen LogP contribution in [0.15, 0.2) is 83.9 Å². The Morgan fingerprint density at radius 3 is 0.897 bits per heavy atom. The summed E-state index contributed by atoms with van der Waals surface area (Å²) in [5.74, 6) is -4.78. The highest BCUT2D eigenvalue weighted by Crippen LogP contribution is 2.62. The fraction of sp³-hybridized carbons (Fsp3) is 0.105.